The van der Waals surface area contributed by atoms with Crippen molar-refractivity contribution in [2.24, 2.45) is 0 Å². The van der Waals surface area contributed by atoms with Crippen molar-refractivity contribution >= 4 is 15.9 Å². The predicted molar refractivity (Wildman–Crippen MR) is 91.0 cm³/mol. The maximum absolute atomic E-state index is 12.4. The molecule has 0 saturated heterocycles. The fourth-order valence-electron chi connectivity index (χ4n) is 2.12. The van der Waals surface area contributed by atoms with E-state index in [0.29, 0.717) is 12.3 Å². The van der Waals surface area contributed by atoms with Crippen LogP contribution in [-0.4, -0.2) is 21.4 Å². The van der Waals surface area contributed by atoms with Crippen molar-refractivity contribution < 1.29 is 17.9 Å². The van der Waals surface area contributed by atoms with E-state index < -0.39 is 10.0 Å². The Hall–Kier alpha value is -2.38. The third kappa shape index (κ3) is 4.81. The molecule has 0 aromatic heterocycles. The molecule has 0 aliphatic heterocycles. The predicted octanol–water partition coefficient (Wildman–Crippen LogP) is 1.81. The van der Waals surface area contributed by atoms with Crippen LogP contribution in [0.15, 0.2) is 53.4 Å². The minimum atomic E-state index is -3.62. The highest BCUT2D eigenvalue weighted by Crippen LogP contribution is 2.18. The quantitative estimate of drug-likeness (QED) is 0.799. The first-order valence-corrected chi connectivity index (χ1v) is 8.85. The second-order valence-corrected chi connectivity index (χ2v) is 6.96. The SMILES string of the molecule is COc1ccccc1CNS(=O)(=O)c1ccc(CNC(C)=O)cc1. The van der Waals surface area contributed by atoms with Gasteiger partial charge in [0.05, 0.1) is 12.0 Å². The second kappa shape index (κ2) is 7.94. The minimum absolute atomic E-state index is 0.134. The third-order valence-electron chi connectivity index (χ3n) is 3.42. The summed E-state index contributed by atoms with van der Waals surface area (Å²) < 4.78 is 32.5. The van der Waals surface area contributed by atoms with Gasteiger partial charge in [0.1, 0.15) is 5.75 Å². The Balaban J connectivity index is 2.06. The lowest BCUT2D eigenvalue weighted by atomic mass is 10.2. The van der Waals surface area contributed by atoms with Gasteiger partial charge in [-0.05, 0) is 23.8 Å². The van der Waals surface area contributed by atoms with E-state index in [-0.39, 0.29) is 17.3 Å². The summed E-state index contributed by atoms with van der Waals surface area (Å²) in [5.74, 6) is 0.496. The van der Waals surface area contributed by atoms with Crippen LogP contribution in [0.3, 0.4) is 0 Å². The molecule has 0 fully saturated rings. The number of nitrogens with one attached hydrogen (secondary N) is 2. The molecule has 0 atom stereocenters. The number of sulfonamides is 1. The molecule has 0 saturated carbocycles. The molecule has 128 valence electrons. The molecule has 0 unspecified atom stereocenters. The van der Waals surface area contributed by atoms with Crippen LogP contribution < -0.4 is 14.8 Å². The van der Waals surface area contributed by atoms with Gasteiger partial charge in [-0.2, -0.15) is 0 Å². The van der Waals surface area contributed by atoms with E-state index >= 15 is 0 Å². The topological polar surface area (TPSA) is 84.5 Å². The molecule has 0 radical (unpaired) electrons. The first-order chi connectivity index (χ1) is 11.4. The van der Waals surface area contributed by atoms with Crippen molar-refractivity contribution in [1.29, 1.82) is 0 Å². The molecule has 1 amide bonds. The van der Waals surface area contributed by atoms with Crippen molar-refractivity contribution in [3.05, 3.63) is 59.7 Å². The lowest BCUT2D eigenvalue weighted by Gasteiger charge is -2.10. The summed E-state index contributed by atoms with van der Waals surface area (Å²) in [6, 6.07) is 13.6. The molecule has 0 aliphatic rings. The van der Waals surface area contributed by atoms with Gasteiger partial charge >= 0.3 is 0 Å². The highest BCUT2D eigenvalue weighted by Gasteiger charge is 2.14. The van der Waals surface area contributed by atoms with Crippen molar-refractivity contribution in [3.8, 4) is 5.75 Å². The number of hydrogen-bond acceptors (Lipinski definition) is 4. The molecule has 24 heavy (non-hydrogen) atoms. The fraction of sp³-hybridized carbons (Fsp3) is 0.235. The number of hydrogen-bond donors (Lipinski definition) is 2. The zero-order valence-corrected chi connectivity index (χ0v) is 14.4. The van der Waals surface area contributed by atoms with Crippen LogP contribution in [0.25, 0.3) is 0 Å². The normalized spacial score (nSPS) is 11.1. The number of amides is 1. The van der Waals surface area contributed by atoms with E-state index in [0.717, 1.165) is 11.1 Å². The Morgan fingerprint density at radius 1 is 1.04 bits per heavy atom. The summed E-state index contributed by atoms with van der Waals surface area (Å²) in [6.07, 6.45) is 0. The number of carbonyl (C=O) groups excluding carboxylic acids is 1. The van der Waals surface area contributed by atoms with Crippen molar-refractivity contribution in [1.82, 2.24) is 10.0 Å². The number of benzene rings is 2. The minimum Gasteiger partial charge on any atom is -0.496 e. The number of ether oxygens (including phenoxy) is 1. The fourth-order valence-corrected chi connectivity index (χ4v) is 3.12. The molecule has 0 bridgehead atoms. The molecule has 2 rings (SSSR count). The Morgan fingerprint density at radius 2 is 1.71 bits per heavy atom. The highest BCUT2D eigenvalue weighted by molar-refractivity contribution is 7.89. The maximum Gasteiger partial charge on any atom is 0.240 e. The van der Waals surface area contributed by atoms with E-state index in [9.17, 15) is 13.2 Å². The largest absolute Gasteiger partial charge is 0.496 e. The van der Waals surface area contributed by atoms with Gasteiger partial charge < -0.3 is 10.1 Å². The summed E-state index contributed by atoms with van der Waals surface area (Å²) in [7, 11) is -2.08. The average molecular weight is 348 g/mol. The second-order valence-electron chi connectivity index (χ2n) is 5.19. The van der Waals surface area contributed by atoms with Gasteiger partial charge in [-0.3, -0.25) is 4.79 Å². The third-order valence-corrected chi connectivity index (χ3v) is 4.84. The molecule has 2 N–H and O–H groups in total. The molecule has 0 spiro atoms. The van der Waals surface area contributed by atoms with Gasteiger partial charge in [0, 0.05) is 25.6 Å². The van der Waals surface area contributed by atoms with Crippen LogP contribution in [0.2, 0.25) is 0 Å². The van der Waals surface area contributed by atoms with Crippen LogP contribution >= 0.6 is 0 Å². The summed E-state index contributed by atoms with van der Waals surface area (Å²) >= 11 is 0. The monoisotopic (exact) mass is 348 g/mol. The Bertz CT molecular complexity index is 802. The zero-order chi connectivity index (χ0) is 17.6. The highest BCUT2D eigenvalue weighted by atomic mass is 32.2. The van der Waals surface area contributed by atoms with E-state index in [4.69, 9.17) is 4.74 Å². The molecule has 2 aromatic rings. The molecule has 0 aliphatic carbocycles. The van der Waals surface area contributed by atoms with Crippen molar-refractivity contribution in [3.63, 3.8) is 0 Å². The number of para-hydroxylation sites is 1. The lowest BCUT2D eigenvalue weighted by molar-refractivity contribution is -0.119. The van der Waals surface area contributed by atoms with Gasteiger partial charge in [0.25, 0.3) is 0 Å². The lowest BCUT2D eigenvalue weighted by Crippen LogP contribution is -2.23. The first-order valence-electron chi connectivity index (χ1n) is 7.37. The van der Waals surface area contributed by atoms with Crippen LogP contribution in [-0.2, 0) is 27.9 Å². The number of carbonyl (C=O) groups is 1. The average Bonchev–Trinajstić information content (AvgIpc) is 2.59. The van der Waals surface area contributed by atoms with Crippen molar-refractivity contribution in [2.75, 3.05) is 7.11 Å². The summed E-state index contributed by atoms with van der Waals surface area (Å²) in [4.78, 5) is 11.1. The van der Waals surface area contributed by atoms with Gasteiger partial charge in [-0.15, -0.1) is 0 Å². The van der Waals surface area contributed by atoms with E-state index in [1.165, 1.54) is 19.1 Å². The van der Waals surface area contributed by atoms with Crippen LogP contribution in [0.4, 0.5) is 0 Å². The Labute approximate surface area is 141 Å². The number of rotatable bonds is 7. The Kier molecular flexibility index (Phi) is 5.94. The van der Waals surface area contributed by atoms with E-state index in [2.05, 4.69) is 10.0 Å². The van der Waals surface area contributed by atoms with Gasteiger partial charge in [-0.25, -0.2) is 13.1 Å². The summed E-state index contributed by atoms with van der Waals surface area (Å²) in [5, 5.41) is 2.66. The van der Waals surface area contributed by atoms with E-state index in [1.807, 2.05) is 12.1 Å². The number of methoxy groups -OCH3 is 1. The van der Waals surface area contributed by atoms with Crippen molar-refractivity contribution in [2.45, 2.75) is 24.9 Å². The first kappa shape index (κ1) is 18.0. The molecule has 2 aromatic carbocycles. The van der Waals surface area contributed by atoms with Gasteiger partial charge in [0.2, 0.25) is 15.9 Å². The Morgan fingerprint density at radius 3 is 2.33 bits per heavy atom. The standard InChI is InChI=1S/C17H20N2O4S/c1-13(20)18-11-14-7-9-16(10-8-14)24(21,22)19-12-15-5-3-4-6-17(15)23-2/h3-10,19H,11-12H2,1-2H3,(H,18,20). The van der Waals surface area contributed by atoms with Crippen LogP contribution in [0, 0.1) is 0 Å². The van der Waals surface area contributed by atoms with E-state index in [1.54, 1.807) is 31.4 Å². The van der Waals surface area contributed by atoms with Gasteiger partial charge in [-0.1, -0.05) is 30.3 Å². The molecule has 6 nitrogen and oxygen atoms in total. The van der Waals surface area contributed by atoms with Crippen LogP contribution in [0.5, 0.6) is 5.75 Å². The summed E-state index contributed by atoms with van der Waals surface area (Å²) in [6.45, 7) is 1.94. The molecular formula is C17H20N2O4S. The zero-order valence-electron chi connectivity index (χ0n) is 13.6. The smallest absolute Gasteiger partial charge is 0.240 e. The van der Waals surface area contributed by atoms with Crippen LogP contribution in [0.1, 0.15) is 18.1 Å². The molecule has 0 heterocycles. The molecule has 7 heteroatoms. The van der Waals surface area contributed by atoms with Gasteiger partial charge in [0.15, 0.2) is 0 Å². The molecular weight excluding hydrogens is 328 g/mol. The maximum atomic E-state index is 12.4. The summed E-state index contributed by atoms with van der Waals surface area (Å²) in [5.41, 5.74) is 1.58.